The number of benzene rings is 1. The van der Waals surface area contributed by atoms with E-state index in [1.54, 1.807) is 30.3 Å². The number of morpholine rings is 1. The molecule has 0 spiro atoms. The average Bonchev–Trinajstić information content (AvgIpc) is 3.19. The van der Waals surface area contributed by atoms with Crippen LogP contribution < -0.4 is 5.32 Å². The fraction of sp³-hybridized carbons (Fsp3) is 0.368. The molecule has 0 aliphatic carbocycles. The van der Waals surface area contributed by atoms with E-state index in [-0.39, 0.29) is 11.7 Å². The highest BCUT2D eigenvalue weighted by Gasteiger charge is 2.36. The lowest BCUT2D eigenvalue weighted by Crippen LogP contribution is -2.43. The molecular formula is C19H19F3N6O2. The van der Waals surface area contributed by atoms with Crippen LogP contribution in [0.1, 0.15) is 11.4 Å². The van der Waals surface area contributed by atoms with Crippen LogP contribution in [0.25, 0.3) is 17.0 Å². The third-order valence-electron chi connectivity index (χ3n) is 4.70. The van der Waals surface area contributed by atoms with Crippen molar-refractivity contribution in [3.8, 4) is 11.3 Å². The van der Waals surface area contributed by atoms with Crippen molar-refractivity contribution in [1.82, 2.24) is 29.8 Å². The highest BCUT2D eigenvalue weighted by atomic mass is 19.4. The molecule has 0 bridgehead atoms. The number of nitrogens with zero attached hydrogens (tertiary/aromatic N) is 5. The van der Waals surface area contributed by atoms with Crippen LogP contribution in [0, 0.1) is 0 Å². The molecule has 1 amide bonds. The van der Waals surface area contributed by atoms with Crippen molar-refractivity contribution in [3.05, 3.63) is 47.9 Å². The van der Waals surface area contributed by atoms with Gasteiger partial charge in [0.25, 0.3) is 11.6 Å². The van der Waals surface area contributed by atoms with E-state index in [1.165, 1.54) is 6.20 Å². The van der Waals surface area contributed by atoms with Gasteiger partial charge in [-0.1, -0.05) is 24.3 Å². The Labute approximate surface area is 169 Å². The monoisotopic (exact) mass is 420 g/mol. The van der Waals surface area contributed by atoms with Crippen molar-refractivity contribution in [2.45, 2.75) is 12.7 Å². The minimum atomic E-state index is -4.64. The zero-order valence-corrected chi connectivity index (χ0v) is 15.9. The summed E-state index contributed by atoms with van der Waals surface area (Å²) in [5.74, 6) is -1.43. The molecule has 0 unspecified atom stereocenters. The number of fused-ring (bicyclic) bond motifs is 1. The van der Waals surface area contributed by atoms with Gasteiger partial charge in [-0.2, -0.15) is 22.7 Å². The molecule has 1 N–H and O–H groups in total. The molecule has 2 aromatic heterocycles. The normalized spacial score (nSPS) is 15.4. The maximum absolute atomic E-state index is 12.9. The Kier molecular flexibility index (Phi) is 5.64. The summed E-state index contributed by atoms with van der Waals surface area (Å²) in [6, 6.07) is 8.69. The number of nitrogens with one attached hydrogen (secondary N) is 1. The maximum atomic E-state index is 12.9. The molecule has 158 valence electrons. The smallest absolute Gasteiger partial charge is 0.379 e. The molecule has 1 aliphatic heterocycles. The van der Waals surface area contributed by atoms with E-state index >= 15 is 0 Å². The van der Waals surface area contributed by atoms with E-state index in [9.17, 15) is 18.0 Å². The lowest BCUT2D eigenvalue weighted by Gasteiger charge is -2.25. The van der Waals surface area contributed by atoms with Gasteiger partial charge < -0.3 is 10.1 Å². The number of halogens is 3. The van der Waals surface area contributed by atoms with Crippen LogP contribution in [0.5, 0.6) is 0 Å². The van der Waals surface area contributed by atoms with Crippen molar-refractivity contribution >= 4 is 11.7 Å². The van der Waals surface area contributed by atoms with E-state index in [0.717, 1.165) is 23.2 Å². The largest absolute Gasteiger partial charge is 0.453 e. The SMILES string of the molecule is O=C(CN1CCOCC1)NCc1ccc(-c2ccnc3nc(C(F)(F)F)nn23)cc1. The molecule has 1 aromatic carbocycles. The lowest BCUT2D eigenvalue weighted by atomic mass is 10.1. The van der Waals surface area contributed by atoms with Crippen LogP contribution in [-0.4, -0.2) is 63.2 Å². The van der Waals surface area contributed by atoms with Gasteiger partial charge in [0.1, 0.15) is 0 Å². The lowest BCUT2D eigenvalue weighted by molar-refractivity contribution is -0.144. The summed E-state index contributed by atoms with van der Waals surface area (Å²) in [5, 5.41) is 6.42. The molecule has 0 saturated carbocycles. The average molecular weight is 420 g/mol. The van der Waals surface area contributed by atoms with Gasteiger partial charge in [-0.05, 0) is 11.6 Å². The van der Waals surface area contributed by atoms with E-state index in [2.05, 4.69) is 20.4 Å². The highest BCUT2D eigenvalue weighted by molar-refractivity contribution is 5.78. The molecule has 1 saturated heterocycles. The third-order valence-corrected chi connectivity index (χ3v) is 4.70. The summed E-state index contributed by atoms with van der Waals surface area (Å²) in [7, 11) is 0. The van der Waals surface area contributed by atoms with Gasteiger partial charge in [-0.3, -0.25) is 9.69 Å². The van der Waals surface area contributed by atoms with E-state index < -0.39 is 12.0 Å². The number of aromatic nitrogens is 4. The summed E-state index contributed by atoms with van der Waals surface area (Å²) in [6.45, 7) is 3.42. The molecule has 3 heterocycles. The number of alkyl halides is 3. The summed E-state index contributed by atoms with van der Waals surface area (Å²) < 4.78 is 45.0. The number of amides is 1. The molecule has 3 aromatic rings. The molecule has 1 aliphatic rings. The van der Waals surface area contributed by atoms with E-state index in [4.69, 9.17) is 4.74 Å². The molecule has 30 heavy (non-hydrogen) atoms. The predicted molar refractivity (Wildman–Crippen MR) is 100 cm³/mol. The Morgan fingerprint density at radius 1 is 1.13 bits per heavy atom. The first-order valence-corrected chi connectivity index (χ1v) is 9.35. The van der Waals surface area contributed by atoms with Crippen LogP contribution in [0.15, 0.2) is 36.5 Å². The van der Waals surface area contributed by atoms with Crippen LogP contribution in [0.2, 0.25) is 0 Å². The zero-order chi connectivity index (χ0) is 21.1. The number of ether oxygens (including phenoxy) is 1. The van der Waals surface area contributed by atoms with Gasteiger partial charge >= 0.3 is 6.18 Å². The van der Waals surface area contributed by atoms with Crippen molar-refractivity contribution in [3.63, 3.8) is 0 Å². The Morgan fingerprint density at radius 3 is 2.57 bits per heavy atom. The second-order valence-electron chi connectivity index (χ2n) is 6.84. The van der Waals surface area contributed by atoms with Gasteiger partial charge in [0.2, 0.25) is 5.91 Å². The van der Waals surface area contributed by atoms with Crippen LogP contribution >= 0.6 is 0 Å². The van der Waals surface area contributed by atoms with Crippen LogP contribution in [0.3, 0.4) is 0 Å². The predicted octanol–water partition coefficient (Wildman–Crippen LogP) is 1.76. The van der Waals surface area contributed by atoms with Gasteiger partial charge in [0.05, 0.1) is 25.5 Å². The summed E-state index contributed by atoms with van der Waals surface area (Å²) >= 11 is 0. The highest BCUT2D eigenvalue weighted by Crippen LogP contribution is 2.27. The van der Waals surface area contributed by atoms with Crippen molar-refractivity contribution in [1.29, 1.82) is 0 Å². The second kappa shape index (κ2) is 8.36. The minimum absolute atomic E-state index is 0.0703. The number of carbonyl (C=O) groups excluding carboxylic acids is 1. The molecule has 11 heteroatoms. The Morgan fingerprint density at radius 2 is 1.87 bits per heavy atom. The zero-order valence-electron chi connectivity index (χ0n) is 15.9. The molecule has 0 atom stereocenters. The molecule has 8 nitrogen and oxygen atoms in total. The van der Waals surface area contributed by atoms with E-state index in [1.807, 2.05) is 4.90 Å². The van der Waals surface area contributed by atoms with Gasteiger partial charge in [0.15, 0.2) is 0 Å². The topological polar surface area (TPSA) is 84.6 Å². The maximum Gasteiger partial charge on any atom is 0.453 e. The fourth-order valence-corrected chi connectivity index (χ4v) is 3.15. The first-order chi connectivity index (χ1) is 14.4. The molecule has 1 fully saturated rings. The quantitative estimate of drug-likeness (QED) is 0.677. The molecule has 4 rings (SSSR count). The van der Waals surface area contributed by atoms with Gasteiger partial charge in [-0.15, -0.1) is 5.10 Å². The summed E-state index contributed by atoms with van der Waals surface area (Å²) in [5.41, 5.74) is 1.96. The third kappa shape index (κ3) is 4.57. The summed E-state index contributed by atoms with van der Waals surface area (Å²) in [4.78, 5) is 21.4. The van der Waals surface area contributed by atoms with Crippen LogP contribution in [0.4, 0.5) is 13.2 Å². The number of hydrogen-bond donors (Lipinski definition) is 1. The van der Waals surface area contributed by atoms with Gasteiger partial charge in [0, 0.05) is 31.4 Å². The number of rotatable bonds is 5. The standard InChI is InChI=1S/C19H19F3N6O2/c20-19(21,22)17-25-18-23-6-5-15(28(18)26-17)14-3-1-13(2-4-14)11-24-16(29)12-27-7-9-30-10-8-27/h1-6H,7-12H2,(H,24,29). The Bertz CT molecular complexity index is 1030. The van der Waals surface area contributed by atoms with Crippen molar-refractivity contribution < 1.29 is 22.7 Å². The molecular weight excluding hydrogens is 401 g/mol. The Hall–Kier alpha value is -3.05. The van der Waals surface area contributed by atoms with Gasteiger partial charge in [-0.25, -0.2) is 4.98 Å². The van der Waals surface area contributed by atoms with Crippen molar-refractivity contribution in [2.24, 2.45) is 0 Å². The minimum Gasteiger partial charge on any atom is -0.379 e. The first-order valence-electron chi connectivity index (χ1n) is 9.35. The molecule has 0 radical (unpaired) electrons. The number of hydrogen-bond acceptors (Lipinski definition) is 6. The number of carbonyl (C=O) groups is 1. The first kappa shape index (κ1) is 20.2. The Balaban J connectivity index is 1.43. The van der Waals surface area contributed by atoms with Crippen LogP contribution in [-0.2, 0) is 22.3 Å². The van der Waals surface area contributed by atoms with E-state index in [0.29, 0.717) is 37.6 Å². The fourth-order valence-electron chi connectivity index (χ4n) is 3.15. The second-order valence-corrected chi connectivity index (χ2v) is 6.84. The summed E-state index contributed by atoms with van der Waals surface area (Å²) in [6.07, 6.45) is -3.26. The van der Waals surface area contributed by atoms with Crippen molar-refractivity contribution in [2.75, 3.05) is 32.8 Å².